The highest BCUT2D eigenvalue weighted by Gasteiger charge is 2.13. The molecule has 2 N–H and O–H groups in total. The lowest BCUT2D eigenvalue weighted by atomic mass is 10.1. The van der Waals surface area contributed by atoms with Gasteiger partial charge in [0.15, 0.2) is 0 Å². The number of hydrazone groups is 1. The fourth-order valence-electron chi connectivity index (χ4n) is 2.22. The van der Waals surface area contributed by atoms with E-state index in [2.05, 4.69) is 47.4 Å². The summed E-state index contributed by atoms with van der Waals surface area (Å²) in [5.41, 5.74) is 5.24. The van der Waals surface area contributed by atoms with Crippen LogP contribution in [-0.2, 0) is 0 Å². The average Bonchev–Trinajstić information content (AvgIpc) is 3.19. The van der Waals surface area contributed by atoms with Crippen LogP contribution in [0.25, 0.3) is 10.6 Å². The Morgan fingerprint density at radius 2 is 1.93 bits per heavy atom. The number of carbonyl (C=O) groups is 1. The molecule has 152 valence electrons. The Kier molecular flexibility index (Phi) is 8.82. The first-order chi connectivity index (χ1) is 13.9. The summed E-state index contributed by atoms with van der Waals surface area (Å²) in [4.78, 5) is 16.6. The van der Waals surface area contributed by atoms with Crippen LogP contribution in [0.15, 0.2) is 49.8 Å². The van der Waals surface area contributed by atoms with Gasteiger partial charge in [-0.1, -0.05) is 37.6 Å². The molecule has 1 amide bonds. The molecule has 1 heterocycles. The second-order valence-electron chi connectivity index (χ2n) is 5.48. The highest BCUT2D eigenvalue weighted by molar-refractivity contribution is 9.11. The summed E-state index contributed by atoms with van der Waals surface area (Å²) < 4.78 is 1.04. The molecule has 0 aliphatic carbocycles. The number of aromatic hydroxyl groups is 1. The van der Waals surface area contributed by atoms with E-state index in [9.17, 15) is 9.90 Å². The lowest BCUT2D eigenvalue weighted by Crippen LogP contribution is -2.17. The monoisotopic (exact) mass is 557 g/mol. The van der Waals surface area contributed by atoms with Gasteiger partial charge in [-0.2, -0.15) is 5.10 Å². The van der Waals surface area contributed by atoms with Crippen molar-refractivity contribution in [1.82, 2.24) is 10.4 Å². The largest absolute Gasteiger partial charge is 0.506 e. The van der Waals surface area contributed by atoms with Gasteiger partial charge in [-0.05, 0) is 68.1 Å². The van der Waals surface area contributed by atoms with Gasteiger partial charge in [-0.3, -0.25) is 4.79 Å². The molecule has 3 aromatic rings. The molecular formula is C20H18Br2ClN3O2S. The predicted molar refractivity (Wildman–Crippen MR) is 127 cm³/mol. The van der Waals surface area contributed by atoms with Crippen LogP contribution in [0, 0.1) is 6.92 Å². The van der Waals surface area contributed by atoms with Gasteiger partial charge in [0.25, 0.3) is 5.91 Å². The summed E-state index contributed by atoms with van der Waals surface area (Å²) in [6.45, 7) is 5.91. The van der Waals surface area contributed by atoms with Crippen LogP contribution < -0.4 is 5.43 Å². The fourth-order valence-corrected chi connectivity index (χ4v) is 4.50. The summed E-state index contributed by atoms with van der Waals surface area (Å²) in [7, 11) is 0. The number of carbonyl (C=O) groups excluding carboxylic acids is 1. The van der Waals surface area contributed by atoms with Gasteiger partial charge < -0.3 is 5.11 Å². The zero-order chi connectivity index (χ0) is 21.6. The molecule has 0 aliphatic rings. The van der Waals surface area contributed by atoms with Gasteiger partial charge in [0.1, 0.15) is 16.5 Å². The molecule has 3 rings (SSSR count). The van der Waals surface area contributed by atoms with E-state index in [1.54, 1.807) is 17.5 Å². The summed E-state index contributed by atoms with van der Waals surface area (Å²) in [6.07, 6.45) is 1.47. The van der Waals surface area contributed by atoms with E-state index in [1.165, 1.54) is 17.6 Å². The summed E-state index contributed by atoms with van der Waals surface area (Å²) in [5.74, 6) is -0.312. The van der Waals surface area contributed by atoms with Crippen LogP contribution in [-0.4, -0.2) is 22.2 Å². The maximum absolute atomic E-state index is 12.3. The van der Waals surface area contributed by atoms with Crippen LogP contribution in [0.1, 0.15) is 35.5 Å². The Labute approximate surface area is 195 Å². The summed E-state index contributed by atoms with van der Waals surface area (Å²) >= 11 is 14.0. The zero-order valence-corrected chi connectivity index (χ0v) is 20.6. The number of aromatic nitrogens is 1. The quantitative estimate of drug-likeness (QED) is 0.273. The lowest BCUT2D eigenvalue weighted by molar-refractivity contribution is 0.0951. The van der Waals surface area contributed by atoms with Crippen LogP contribution in [0.3, 0.4) is 0 Å². The molecule has 9 heteroatoms. The number of rotatable bonds is 4. The number of nitrogens with one attached hydrogen (secondary N) is 1. The van der Waals surface area contributed by atoms with E-state index < -0.39 is 5.91 Å². The van der Waals surface area contributed by atoms with Gasteiger partial charge in [-0.15, -0.1) is 11.3 Å². The standard InChI is InChI=1S/C18H12Br2ClN3O2S.C2H6/c1-9-11(3-2-4-14(9)21)18-23-15(8-27-18)17(26)24-22-7-10-5-12(19)16(25)13(20)6-10;1-2/h2-8,25H,1H3,(H,24,26);1-2H3/b22-7+;. The number of hydrogen-bond donors (Lipinski definition) is 2. The lowest BCUT2D eigenvalue weighted by Gasteiger charge is -2.03. The highest BCUT2D eigenvalue weighted by Crippen LogP contribution is 2.33. The van der Waals surface area contributed by atoms with E-state index in [0.29, 0.717) is 19.5 Å². The fraction of sp³-hybridized carbons (Fsp3) is 0.150. The van der Waals surface area contributed by atoms with E-state index in [1.807, 2.05) is 39.0 Å². The van der Waals surface area contributed by atoms with Gasteiger partial charge in [-0.25, -0.2) is 10.4 Å². The van der Waals surface area contributed by atoms with Gasteiger partial charge >= 0.3 is 0 Å². The number of phenolic OH excluding ortho intramolecular Hbond substituents is 1. The third-order valence-corrected chi connectivity index (χ3v) is 6.15. The Morgan fingerprint density at radius 1 is 1.28 bits per heavy atom. The van der Waals surface area contributed by atoms with Crippen LogP contribution in [0.5, 0.6) is 5.75 Å². The van der Waals surface area contributed by atoms with Crippen molar-refractivity contribution in [2.24, 2.45) is 5.10 Å². The molecule has 0 fully saturated rings. The Hall–Kier alpha value is -1.74. The maximum Gasteiger partial charge on any atom is 0.290 e. The number of benzene rings is 2. The van der Waals surface area contributed by atoms with Gasteiger partial charge in [0.2, 0.25) is 0 Å². The Bertz CT molecular complexity index is 1030. The number of phenols is 1. The van der Waals surface area contributed by atoms with Crippen LogP contribution >= 0.6 is 54.8 Å². The molecule has 2 aromatic carbocycles. The minimum Gasteiger partial charge on any atom is -0.506 e. The van der Waals surface area contributed by atoms with Crippen LogP contribution in [0.4, 0.5) is 0 Å². The maximum atomic E-state index is 12.3. The Balaban J connectivity index is 0.00000145. The van der Waals surface area contributed by atoms with Crippen molar-refractivity contribution in [3.05, 3.63) is 66.5 Å². The normalized spacial score (nSPS) is 10.6. The molecule has 0 spiro atoms. The minimum atomic E-state index is -0.412. The van der Waals surface area contributed by atoms with Crippen molar-refractivity contribution >= 4 is 66.9 Å². The van der Waals surface area contributed by atoms with Crippen molar-refractivity contribution in [1.29, 1.82) is 0 Å². The first kappa shape index (κ1) is 23.5. The van der Waals surface area contributed by atoms with Crippen molar-refractivity contribution in [2.75, 3.05) is 0 Å². The molecule has 29 heavy (non-hydrogen) atoms. The second kappa shape index (κ2) is 10.9. The van der Waals surface area contributed by atoms with Crippen LogP contribution in [0.2, 0.25) is 5.02 Å². The molecule has 5 nitrogen and oxygen atoms in total. The second-order valence-corrected chi connectivity index (χ2v) is 8.46. The highest BCUT2D eigenvalue weighted by atomic mass is 79.9. The van der Waals surface area contributed by atoms with Crippen molar-refractivity contribution in [2.45, 2.75) is 20.8 Å². The molecule has 0 aliphatic heterocycles. The van der Waals surface area contributed by atoms with Crippen molar-refractivity contribution < 1.29 is 9.90 Å². The predicted octanol–water partition coefficient (Wildman–Crippen LogP) is 6.79. The number of amides is 1. The first-order valence-electron chi connectivity index (χ1n) is 8.59. The molecule has 0 bridgehead atoms. The summed E-state index contributed by atoms with van der Waals surface area (Å²) in [6, 6.07) is 8.94. The third kappa shape index (κ3) is 5.88. The third-order valence-electron chi connectivity index (χ3n) is 3.65. The van der Waals surface area contributed by atoms with E-state index in [0.717, 1.165) is 16.1 Å². The molecule has 0 saturated carbocycles. The molecular weight excluding hydrogens is 542 g/mol. The zero-order valence-electron chi connectivity index (χ0n) is 15.8. The minimum absolute atomic E-state index is 0.0995. The molecule has 0 saturated heterocycles. The SMILES string of the molecule is CC.Cc1c(Cl)cccc1-c1nc(C(=O)N/N=C/c2cc(Br)c(O)c(Br)c2)cs1. The molecule has 0 atom stereocenters. The van der Waals surface area contributed by atoms with E-state index in [-0.39, 0.29) is 11.4 Å². The summed E-state index contributed by atoms with van der Waals surface area (Å²) in [5, 5.41) is 16.7. The van der Waals surface area contributed by atoms with E-state index >= 15 is 0 Å². The topological polar surface area (TPSA) is 74.6 Å². The van der Waals surface area contributed by atoms with Gasteiger partial charge in [0, 0.05) is 16.0 Å². The Morgan fingerprint density at radius 3 is 2.59 bits per heavy atom. The smallest absolute Gasteiger partial charge is 0.290 e. The number of thiazole rings is 1. The van der Waals surface area contributed by atoms with Gasteiger partial charge in [0.05, 0.1) is 15.2 Å². The average molecular weight is 560 g/mol. The number of nitrogens with zero attached hydrogens (tertiary/aromatic N) is 2. The molecule has 1 aromatic heterocycles. The van der Waals surface area contributed by atoms with Crippen molar-refractivity contribution in [3.8, 4) is 16.3 Å². The van der Waals surface area contributed by atoms with Crippen molar-refractivity contribution in [3.63, 3.8) is 0 Å². The van der Waals surface area contributed by atoms with E-state index in [4.69, 9.17) is 11.6 Å². The number of hydrogen-bond acceptors (Lipinski definition) is 5. The molecule has 0 radical (unpaired) electrons. The number of halogens is 3. The first-order valence-corrected chi connectivity index (χ1v) is 11.4. The molecule has 0 unspecified atom stereocenters.